The van der Waals surface area contributed by atoms with Gasteiger partial charge in [0.15, 0.2) is 0 Å². The first-order chi connectivity index (χ1) is 7.16. The highest BCUT2D eigenvalue weighted by Crippen LogP contribution is 2.06. The first-order valence-corrected chi connectivity index (χ1v) is 5.18. The number of aryl methyl sites for hydroxylation is 1. The Labute approximate surface area is 101 Å². The van der Waals surface area contributed by atoms with Crippen molar-refractivity contribution in [2.24, 2.45) is 7.05 Å². The molecule has 0 bridgehead atoms. The van der Waals surface area contributed by atoms with Crippen LogP contribution < -0.4 is 5.32 Å². The van der Waals surface area contributed by atoms with Crippen LogP contribution in [0.25, 0.3) is 0 Å². The second kappa shape index (κ2) is 5.32. The van der Waals surface area contributed by atoms with Crippen molar-refractivity contribution in [3.05, 3.63) is 18.0 Å². The third-order valence-electron chi connectivity index (χ3n) is 2.61. The fraction of sp³-hybridized carbons (Fsp3) is 0.600. The topological polar surface area (TPSA) is 50.2 Å². The molecule has 1 aliphatic heterocycles. The molecule has 2 rings (SSSR count). The molecule has 0 radical (unpaired) electrons. The highest BCUT2D eigenvalue weighted by Gasteiger charge is 2.22. The first-order valence-electron chi connectivity index (χ1n) is 5.18. The standard InChI is InChI=1S/C10H16N4O.ClH/c1-8-6-14(4-3-11-8)10(15)9-5-12-13(2)7-9;/h5,7-8,11H,3-4,6H2,1-2H3;1H/t8-;/m0./s1. The zero-order valence-electron chi connectivity index (χ0n) is 9.51. The van der Waals surface area contributed by atoms with Gasteiger partial charge in [0.2, 0.25) is 0 Å². The van der Waals surface area contributed by atoms with E-state index in [0.717, 1.165) is 19.6 Å². The molecule has 1 saturated heterocycles. The van der Waals surface area contributed by atoms with Crippen molar-refractivity contribution in [1.82, 2.24) is 20.0 Å². The van der Waals surface area contributed by atoms with Crippen molar-refractivity contribution in [2.75, 3.05) is 19.6 Å². The Morgan fingerprint density at radius 3 is 2.94 bits per heavy atom. The number of halogens is 1. The van der Waals surface area contributed by atoms with Crippen LogP contribution in [0.2, 0.25) is 0 Å². The lowest BCUT2D eigenvalue weighted by Crippen LogP contribution is -2.51. The number of rotatable bonds is 1. The summed E-state index contributed by atoms with van der Waals surface area (Å²) in [6.07, 6.45) is 3.38. The zero-order chi connectivity index (χ0) is 10.8. The summed E-state index contributed by atoms with van der Waals surface area (Å²) in [6.45, 7) is 4.50. The number of nitrogens with zero attached hydrogens (tertiary/aromatic N) is 3. The van der Waals surface area contributed by atoms with E-state index in [0.29, 0.717) is 11.6 Å². The minimum Gasteiger partial charge on any atom is -0.336 e. The van der Waals surface area contributed by atoms with Crippen molar-refractivity contribution in [1.29, 1.82) is 0 Å². The van der Waals surface area contributed by atoms with Crippen molar-refractivity contribution in [2.45, 2.75) is 13.0 Å². The molecule has 0 aliphatic carbocycles. The lowest BCUT2D eigenvalue weighted by atomic mass is 10.2. The number of aromatic nitrogens is 2. The molecule has 1 N–H and O–H groups in total. The monoisotopic (exact) mass is 244 g/mol. The van der Waals surface area contributed by atoms with Crippen LogP contribution in [0, 0.1) is 0 Å². The molecule has 0 saturated carbocycles. The van der Waals surface area contributed by atoms with Crippen LogP contribution >= 0.6 is 12.4 Å². The lowest BCUT2D eigenvalue weighted by Gasteiger charge is -2.31. The van der Waals surface area contributed by atoms with Gasteiger partial charge in [-0.1, -0.05) is 0 Å². The molecule has 0 aromatic carbocycles. The van der Waals surface area contributed by atoms with Gasteiger partial charge in [0.25, 0.3) is 5.91 Å². The molecule has 0 spiro atoms. The van der Waals surface area contributed by atoms with Gasteiger partial charge in [-0.2, -0.15) is 5.10 Å². The maximum atomic E-state index is 12.0. The third-order valence-corrected chi connectivity index (χ3v) is 2.61. The second-order valence-electron chi connectivity index (χ2n) is 4.01. The molecular weight excluding hydrogens is 228 g/mol. The number of hydrogen-bond donors (Lipinski definition) is 1. The molecule has 16 heavy (non-hydrogen) atoms. The van der Waals surface area contributed by atoms with E-state index in [1.807, 2.05) is 11.9 Å². The number of piperazine rings is 1. The average Bonchev–Trinajstić information content (AvgIpc) is 2.64. The molecule has 1 aromatic heterocycles. The number of carbonyl (C=O) groups excluding carboxylic acids is 1. The Kier molecular flexibility index (Phi) is 4.32. The first kappa shape index (κ1) is 13.0. The molecule has 5 nitrogen and oxygen atoms in total. The number of nitrogens with one attached hydrogen (secondary N) is 1. The summed E-state index contributed by atoms with van der Waals surface area (Å²) in [4.78, 5) is 13.9. The summed E-state index contributed by atoms with van der Waals surface area (Å²) in [5.74, 6) is 0.0800. The van der Waals surface area contributed by atoms with Gasteiger partial charge in [-0.15, -0.1) is 12.4 Å². The minimum absolute atomic E-state index is 0. The van der Waals surface area contributed by atoms with E-state index < -0.39 is 0 Å². The van der Waals surface area contributed by atoms with Gasteiger partial charge in [-0.3, -0.25) is 9.48 Å². The van der Waals surface area contributed by atoms with Gasteiger partial charge < -0.3 is 10.2 Å². The predicted octanol–water partition coefficient (Wildman–Crippen LogP) is 0.276. The molecule has 2 heterocycles. The van der Waals surface area contributed by atoms with Crippen LogP contribution in [0.3, 0.4) is 0 Å². The van der Waals surface area contributed by atoms with Gasteiger partial charge >= 0.3 is 0 Å². The Hall–Kier alpha value is -1.07. The third kappa shape index (κ3) is 2.74. The van der Waals surface area contributed by atoms with E-state index in [-0.39, 0.29) is 18.3 Å². The summed E-state index contributed by atoms with van der Waals surface area (Å²) in [6, 6.07) is 0.374. The smallest absolute Gasteiger partial charge is 0.257 e. The van der Waals surface area contributed by atoms with Crippen LogP contribution in [0.15, 0.2) is 12.4 Å². The zero-order valence-corrected chi connectivity index (χ0v) is 10.3. The van der Waals surface area contributed by atoms with Crippen LogP contribution in [0.4, 0.5) is 0 Å². The van der Waals surface area contributed by atoms with E-state index in [1.165, 1.54) is 0 Å². The van der Waals surface area contributed by atoms with Gasteiger partial charge in [-0.05, 0) is 6.92 Å². The van der Waals surface area contributed by atoms with Crippen molar-refractivity contribution >= 4 is 18.3 Å². The fourth-order valence-electron chi connectivity index (χ4n) is 1.83. The molecule has 0 unspecified atom stereocenters. The van der Waals surface area contributed by atoms with Gasteiger partial charge in [0.05, 0.1) is 11.8 Å². The van der Waals surface area contributed by atoms with Gasteiger partial charge in [0.1, 0.15) is 0 Å². The normalized spacial score (nSPS) is 20.4. The maximum Gasteiger partial charge on any atom is 0.257 e. The summed E-state index contributed by atoms with van der Waals surface area (Å²) >= 11 is 0. The van der Waals surface area contributed by atoms with E-state index in [9.17, 15) is 4.79 Å². The SMILES string of the molecule is C[C@H]1CN(C(=O)c2cnn(C)c2)CCN1.Cl. The highest BCUT2D eigenvalue weighted by molar-refractivity contribution is 5.93. The number of hydrogen-bond acceptors (Lipinski definition) is 3. The Bertz CT molecular complexity index is 365. The summed E-state index contributed by atoms with van der Waals surface area (Å²) < 4.78 is 1.65. The summed E-state index contributed by atoms with van der Waals surface area (Å²) in [5, 5.41) is 7.31. The van der Waals surface area contributed by atoms with Crippen LogP contribution in [-0.2, 0) is 7.05 Å². The maximum absolute atomic E-state index is 12.0. The van der Waals surface area contributed by atoms with Crippen molar-refractivity contribution in [3.63, 3.8) is 0 Å². The molecular formula is C10H17ClN4O. The van der Waals surface area contributed by atoms with Crippen LogP contribution in [0.5, 0.6) is 0 Å². The van der Waals surface area contributed by atoms with E-state index in [1.54, 1.807) is 17.1 Å². The molecule has 1 aliphatic rings. The molecule has 1 fully saturated rings. The van der Waals surface area contributed by atoms with E-state index >= 15 is 0 Å². The Morgan fingerprint density at radius 2 is 2.38 bits per heavy atom. The van der Waals surface area contributed by atoms with Crippen LogP contribution in [0.1, 0.15) is 17.3 Å². The molecule has 1 aromatic rings. The van der Waals surface area contributed by atoms with E-state index in [2.05, 4.69) is 17.3 Å². The summed E-state index contributed by atoms with van der Waals surface area (Å²) in [7, 11) is 1.82. The Balaban J connectivity index is 0.00000128. The summed E-state index contributed by atoms with van der Waals surface area (Å²) in [5.41, 5.74) is 0.673. The number of amides is 1. The van der Waals surface area contributed by atoms with Crippen molar-refractivity contribution in [3.8, 4) is 0 Å². The lowest BCUT2D eigenvalue weighted by molar-refractivity contribution is 0.0709. The van der Waals surface area contributed by atoms with Gasteiger partial charge in [0, 0.05) is 38.9 Å². The van der Waals surface area contributed by atoms with Crippen LogP contribution in [-0.4, -0.2) is 46.3 Å². The molecule has 6 heteroatoms. The predicted molar refractivity (Wildman–Crippen MR) is 63.8 cm³/mol. The molecule has 1 amide bonds. The average molecular weight is 245 g/mol. The van der Waals surface area contributed by atoms with E-state index in [4.69, 9.17) is 0 Å². The minimum atomic E-state index is 0. The Morgan fingerprint density at radius 1 is 1.62 bits per heavy atom. The second-order valence-corrected chi connectivity index (χ2v) is 4.01. The fourth-order valence-corrected chi connectivity index (χ4v) is 1.83. The largest absolute Gasteiger partial charge is 0.336 e. The highest BCUT2D eigenvalue weighted by atomic mass is 35.5. The van der Waals surface area contributed by atoms with Gasteiger partial charge in [-0.25, -0.2) is 0 Å². The quantitative estimate of drug-likeness (QED) is 0.772. The molecule has 90 valence electrons. The number of carbonyl (C=O) groups is 1. The van der Waals surface area contributed by atoms with Crippen molar-refractivity contribution < 1.29 is 4.79 Å². The molecule has 1 atom stereocenters.